The number of rotatable bonds is 3. The van der Waals surface area contributed by atoms with Crippen molar-refractivity contribution < 1.29 is 9.32 Å². The monoisotopic (exact) mass is 341 g/mol. The number of likely N-dealkylation sites (tertiary alicyclic amines) is 1. The SMILES string of the molecule is Cc1nc(C2CCCN2C(=O)Cn2c(=O)n(C)c3ccccc32)no1. The molecule has 0 N–H and O–H groups in total. The Bertz CT molecular complexity index is 999. The van der Waals surface area contributed by atoms with Gasteiger partial charge in [0.1, 0.15) is 6.54 Å². The number of aromatic nitrogens is 4. The quantitative estimate of drug-likeness (QED) is 0.719. The summed E-state index contributed by atoms with van der Waals surface area (Å²) in [6.45, 7) is 2.37. The maximum absolute atomic E-state index is 12.9. The van der Waals surface area contributed by atoms with E-state index in [1.54, 1.807) is 23.4 Å². The van der Waals surface area contributed by atoms with E-state index in [9.17, 15) is 9.59 Å². The summed E-state index contributed by atoms with van der Waals surface area (Å²) < 4.78 is 8.13. The number of para-hydroxylation sites is 2. The Kier molecular flexibility index (Phi) is 3.67. The van der Waals surface area contributed by atoms with Gasteiger partial charge in [-0.1, -0.05) is 17.3 Å². The van der Waals surface area contributed by atoms with Crippen LogP contribution in [0.25, 0.3) is 11.0 Å². The van der Waals surface area contributed by atoms with Crippen molar-refractivity contribution in [3.05, 3.63) is 46.5 Å². The molecule has 0 bridgehead atoms. The predicted octanol–water partition coefficient (Wildman–Crippen LogP) is 1.40. The highest BCUT2D eigenvalue weighted by Crippen LogP contribution is 2.30. The Morgan fingerprint density at radius 2 is 2.08 bits per heavy atom. The van der Waals surface area contributed by atoms with Gasteiger partial charge in [0.25, 0.3) is 0 Å². The minimum Gasteiger partial charge on any atom is -0.340 e. The first-order chi connectivity index (χ1) is 12.1. The molecule has 25 heavy (non-hydrogen) atoms. The number of hydrogen-bond acceptors (Lipinski definition) is 5. The number of nitrogens with zero attached hydrogens (tertiary/aromatic N) is 5. The average molecular weight is 341 g/mol. The van der Waals surface area contributed by atoms with Gasteiger partial charge in [0.05, 0.1) is 17.1 Å². The number of benzene rings is 1. The van der Waals surface area contributed by atoms with Gasteiger partial charge in [-0.05, 0) is 25.0 Å². The van der Waals surface area contributed by atoms with Crippen molar-refractivity contribution in [1.82, 2.24) is 24.2 Å². The number of hydrogen-bond donors (Lipinski definition) is 0. The molecule has 0 spiro atoms. The number of imidazole rings is 1. The molecule has 1 saturated heterocycles. The first-order valence-electron chi connectivity index (χ1n) is 8.30. The molecule has 3 aromatic rings. The van der Waals surface area contributed by atoms with Gasteiger partial charge in [-0.15, -0.1) is 0 Å². The molecule has 8 heteroatoms. The largest absolute Gasteiger partial charge is 0.340 e. The van der Waals surface area contributed by atoms with Crippen LogP contribution in [0.2, 0.25) is 0 Å². The van der Waals surface area contributed by atoms with E-state index in [0.717, 1.165) is 23.9 Å². The molecule has 0 saturated carbocycles. The van der Waals surface area contributed by atoms with Gasteiger partial charge in [-0.2, -0.15) is 4.98 Å². The third kappa shape index (κ3) is 2.54. The second-order valence-electron chi connectivity index (χ2n) is 6.33. The van der Waals surface area contributed by atoms with Crippen LogP contribution in [0.1, 0.15) is 30.6 Å². The minimum absolute atomic E-state index is 0.00746. The van der Waals surface area contributed by atoms with Crippen LogP contribution >= 0.6 is 0 Å². The lowest BCUT2D eigenvalue weighted by Gasteiger charge is -2.22. The Balaban J connectivity index is 1.64. The summed E-state index contributed by atoms with van der Waals surface area (Å²) in [4.78, 5) is 31.4. The van der Waals surface area contributed by atoms with Crippen molar-refractivity contribution in [3.8, 4) is 0 Å². The van der Waals surface area contributed by atoms with Crippen molar-refractivity contribution in [2.75, 3.05) is 6.54 Å². The molecular weight excluding hydrogens is 322 g/mol. The van der Waals surface area contributed by atoms with Crippen molar-refractivity contribution in [1.29, 1.82) is 0 Å². The average Bonchev–Trinajstić information content (AvgIpc) is 3.31. The van der Waals surface area contributed by atoms with E-state index in [1.807, 2.05) is 24.3 Å². The molecule has 1 atom stereocenters. The van der Waals surface area contributed by atoms with Gasteiger partial charge < -0.3 is 9.42 Å². The number of fused-ring (bicyclic) bond motifs is 1. The molecule has 0 aliphatic carbocycles. The summed E-state index contributed by atoms with van der Waals surface area (Å²) >= 11 is 0. The normalized spacial score (nSPS) is 17.5. The van der Waals surface area contributed by atoms with Crippen LogP contribution < -0.4 is 5.69 Å². The zero-order chi connectivity index (χ0) is 17.6. The molecule has 1 aromatic carbocycles. The van der Waals surface area contributed by atoms with Gasteiger partial charge in [-0.25, -0.2) is 4.79 Å². The summed E-state index contributed by atoms with van der Waals surface area (Å²) in [7, 11) is 1.71. The van der Waals surface area contributed by atoms with Crippen LogP contribution in [0.5, 0.6) is 0 Å². The van der Waals surface area contributed by atoms with E-state index in [2.05, 4.69) is 10.1 Å². The molecule has 4 rings (SSSR count). The zero-order valence-corrected chi connectivity index (χ0v) is 14.2. The van der Waals surface area contributed by atoms with Crippen LogP contribution in [-0.4, -0.2) is 36.6 Å². The first kappa shape index (κ1) is 15.6. The second-order valence-corrected chi connectivity index (χ2v) is 6.33. The van der Waals surface area contributed by atoms with Crippen LogP contribution in [-0.2, 0) is 18.4 Å². The number of carbonyl (C=O) groups excluding carboxylic acids is 1. The zero-order valence-electron chi connectivity index (χ0n) is 14.2. The van der Waals surface area contributed by atoms with E-state index in [4.69, 9.17) is 4.52 Å². The van der Waals surface area contributed by atoms with Gasteiger partial charge in [0.15, 0.2) is 5.82 Å². The fourth-order valence-electron chi connectivity index (χ4n) is 3.53. The van der Waals surface area contributed by atoms with E-state index < -0.39 is 0 Å². The smallest absolute Gasteiger partial charge is 0.329 e. The highest BCUT2D eigenvalue weighted by molar-refractivity contribution is 5.81. The molecule has 1 aliphatic rings. The maximum atomic E-state index is 12.9. The molecule has 1 fully saturated rings. The molecule has 1 unspecified atom stereocenters. The van der Waals surface area contributed by atoms with Crippen molar-refractivity contribution >= 4 is 16.9 Å². The number of amides is 1. The molecular formula is C17H19N5O3. The Labute approximate surface area is 143 Å². The highest BCUT2D eigenvalue weighted by Gasteiger charge is 2.33. The van der Waals surface area contributed by atoms with Crippen LogP contribution in [0, 0.1) is 6.92 Å². The Morgan fingerprint density at radius 1 is 1.32 bits per heavy atom. The van der Waals surface area contributed by atoms with Crippen LogP contribution in [0.15, 0.2) is 33.6 Å². The number of aryl methyl sites for hydroxylation is 2. The van der Waals surface area contributed by atoms with Gasteiger partial charge in [0.2, 0.25) is 11.8 Å². The Morgan fingerprint density at radius 3 is 2.80 bits per heavy atom. The van der Waals surface area contributed by atoms with E-state index in [0.29, 0.717) is 18.3 Å². The first-order valence-corrected chi connectivity index (χ1v) is 8.30. The van der Waals surface area contributed by atoms with E-state index >= 15 is 0 Å². The van der Waals surface area contributed by atoms with Crippen molar-refractivity contribution in [3.63, 3.8) is 0 Å². The van der Waals surface area contributed by atoms with Gasteiger partial charge in [0, 0.05) is 20.5 Å². The lowest BCUT2D eigenvalue weighted by atomic mass is 10.2. The van der Waals surface area contributed by atoms with Gasteiger partial charge >= 0.3 is 5.69 Å². The summed E-state index contributed by atoms with van der Waals surface area (Å²) in [6.07, 6.45) is 1.68. The predicted molar refractivity (Wildman–Crippen MR) is 89.9 cm³/mol. The third-order valence-electron chi connectivity index (χ3n) is 4.76. The molecule has 130 valence electrons. The third-order valence-corrected chi connectivity index (χ3v) is 4.76. The summed E-state index contributed by atoms with van der Waals surface area (Å²) in [6, 6.07) is 7.29. The fraction of sp³-hybridized carbons (Fsp3) is 0.412. The molecule has 2 aromatic heterocycles. The van der Waals surface area contributed by atoms with Crippen molar-refractivity contribution in [2.45, 2.75) is 32.4 Å². The summed E-state index contributed by atoms with van der Waals surface area (Å²) in [5.74, 6) is 0.914. The van der Waals surface area contributed by atoms with Gasteiger partial charge in [-0.3, -0.25) is 13.9 Å². The van der Waals surface area contributed by atoms with Crippen LogP contribution in [0.4, 0.5) is 0 Å². The molecule has 3 heterocycles. The maximum Gasteiger partial charge on any atom is 0.329 e. The van der Waals surface area contributed by atoms with E-state index in [-0.39, 0.29) is 24.2 Å². The molecule has 1 amide bonds. The lowest BCUT2D eigenvalue weighted by molar-refractivity contribution is -0.132. The Hall–Kier alpha value is -2.90. The van der Waals surface area contributed by atoms with Crippen molar-refractivity contribution in [2.24, 2.45) is 7.05 Å². The molecule has 8 nitrogen and oxygen atoms in total. The highest BCUT2D eigenvalue weighted by atomic mass is 16.5. The lowest BCUT2D eigenvalue weighted by Crippen LogP contribution is -2.36. The summed E-state index contributed by atoms with van der Waals surface area (Å²) in [5, 5.41) is 3.96. The van der Waals surface area contributed by atoms with Crippen LogP contribution in [0.3, 0.4) is 0 Å². The minimum atomic E-state index is -0.194. The fourth-order valence-corrected chi connectivity index (χ4v) is 3.53. The summed E-state index contributed by atoms with van der Waals surface area (Å²) in [5.41, 5.74) is 1.38. The number of carbonyl (C=O) groups is 1. The topological polar surface area (TPSA) is 86.2 Å². The molecule has 0 radical (unpaired) electrons. The second kappa shape index (κ2) is 5.87. The molecule has 1 aliphatic heterocycles. The standard InChI is InChI=1S/C17H19N5O3/c1-11-18-16(19-25-11)14-8-5-9-21(14)15(23)10-22-13-7-4-3-6-12(13)20(2)17(22)24/h3-4,6-7,14H,5,8-10H2,1-2H3. The van der Waals surface area contributed by atoms with E-state index in [1.165, 1.54) is 4.57 Å².